The molecule has 2 rings (SSSR count). The van der Waals surface area contributed by atoms with Crippen LogP contribution in [-0.4, -0.2) is 25.0 Å². The molecule has 134 valence electrons. The number of benzene rings is 1. The zero-order valence-corrected chi connectivity index (χ0v) is 13.4. The summed E-state index contributed by atoms with van der Waals surface area (Å²) in [5, 5.41) is 5.13. The number of hydrogen-bond donors (Lipinski definition) is 2. The molecule has 1 amide bonds. The molecule has 0 saturated carbocycles. The smallest absolute Gasteiger partial charge is 0.416 e. The molecule has 0 unspecified atom stereocenters. The lowest BCUT2D eigenvalue weighted by atomic mass is 10.1. The van der Waals surface area contributed by atoms with E-state index in [1.165, 1.54) is 19.4 Å². The maximum Gasteiger partial charge on any atom is 0.416 e. The number of halogens is 4. The highest BCUT2D eigenvalue weighted by Crippen LogP contribution is 2.30. The Labute approximate surface area is 141 Å². The fraction of sp³-hybridized carbons (Fsp3) is 0.250. The highest BCUT2D eigenvalue weighted by atomic mass is 19.4. The van der Waals surface area contributed by atoms with Crippen LogP contribution < -0.4 is 15.4 Å². The predicted octanol–water partition coefficient (Wildman–Crippen LogP) is 3.22. The summed E-state index contributed by atoms with van der Waals surface area (Å²) < 4.78 is 56.9. The van der Waals surface area contributed by atoms with Gasteiger partial charge in [-0.15, -0.1) is 0 Å². The number of nitrogens with one attached hydrogen (secondary N) is 2. The van der Waals surface area contributed by atoms with Crippen molar-refractivity contribution in [1.82, 2.24) is 10.3 Å². The van der Waals surface area contributed by atoms with Crippen molar-refractivity contribution >= 4 is 11.7 Å². The molecule has 0 atom stereocenters. The van der Waals surface area contributed by atoms with Crippen LogP contribution in [0.3, 0.4) is 0 Å². The van der Waals surface area contributed by atoms with Crippen molar-refractivity contribution in [2.75, 3.05) is 19.5 Å². The highest BCUT2D eigenvalue weighted by molar-refractivity contribution is 5.97. The third kappa shape index (κ3) is 4.37. The van der Waals surface area contributed by atoms with Crippen LogP contribution in [0.4, 0.5) is 23.4 Å². The van der Waals surface area contributed by atoms with E-state index in [-0.39, 0.29) is 16.9 Å². The Balaban J connectivity index is 2.20. The number of rotatable bonds is 5. The van der Waals surface area contributed by atoms with E-state index in [1.54, 1.807) is 7.05 Å². The van der Waals surface area contributed by atoms with E-state index in [4.69, 9.17) is 4.74 Å². The van der Waals surface area contributed by atoms with Gasteiger partial charge in [0, 0.05) is 19.2 Å². The number of methoxy groups -OCH3 is 1. The lowest BCUT2D eigenvalue weighted by Gasteiger charge is -2.12. The topological polar surface area (TPSA) is 63.2 Å². The van der Waals surface area contributed by atoms with Crippen LogP contribution in [0.1, 0.15) is 21.5 Å². The average Bonchev–Trinajstić information content (AvgIpc) is 2.59. The molecule has 0 saturated heterocycles. The van der Waals surface area contributed by atoms with Crippen molar-refractivity contribution in [2.45, 2.75) is 12.7 Å². The van der Waals surface area contributed by atoms with Gasteiger partial charge in [0.05, 0.1) is 24.4 Å². The summed E-state index contributed by atoms with van der Waals surface area (Å²) in [5.74, 6) is -0.893. The molecule has 2 aromatic rings. The second-order valence-corrected chi connectivity index (χ2v) is 5.01. The van der Waals surface area contributed by atoms with Crippen molar-refractivity contribution in [3.63, 3.8) is 0 Å². The molecule has 25 heavy (non-hydrogen) atoms. The molecule has 2 N–H and O–H groups in total. The molecule has 0 aliphatic heterocycles. The molecule has 0 aliphatic carbocycles. The van der Waals surface area contributed by atoms with E-state index in [1.807, 2.05) is 0 Å². The maximum atomic E-state index is 13.7. The van der Waals surface area contributed by atoms with Crippen molar-refractivity contribution in [1.29, 1.82) is 0 Å². The first-order valence-electron chi connectivity index (χ1n) is 7.12. The summed E-state index contributed by atoms with van der Waals surface area (Å²) in [6.07, 6.45) is -3.27. The number of alkyl halides is 3. The Bertz CT molecular complexity index is 778. The van der Waals surface area contributed by atoms with Crippen LogP contribution in [-0.2, 0) is 12.7 Å². The van der Waals surface area contributed by atoms with Crippen LogP contribution in [0, 0.1) is 5.82 Å². The second-order valence-electron chi connectivity index (χ2n) is 5.01. The van der Waals surface area contributed by atoms with E-state index < -0.39 is 30.0 Å². The molecular weight excluding hydrogens is 342 g/mol. The minimum atomic E-state index is -4.59. The fourth-order valence-electron chi connectivity index (χ4n) is 2.08. The van der Waals surface area contributed by atoms with E-state index in [0.717, 1.165) is 6.07 Å². The normalized spacial score (nSPS) is 11.1. The minimum absolute atomic E-state index is 0.120. The van der Waals surface area contributed by atoms with Gasteiger partial charge in [-0.2, -0.15) is 13.2 Å². The lowest BCUT2D eigenvalue weighted by Crippen LogP contribution is -2.24. The van der Waals surface area contributed by atoms with Gasteiger partial charge >= 0.3 is 6.18 Å². The summed E-state index contributed by atoms with van der Waals surface area (Å²) in [5.41, 5.74) is -1.14. The molecule has 0 bridgehead atoms. The number of nitrogens with zero attached hydrogens (tertiary/aromatic N) is 1. The second kappa shape index (κ2) is 7.37. The van der Waals surface area contributed by atoms with Crippen LogP contribution in [0.25, 0.3) is 0 Å². The Morgan fingerprint density at radius 2 is 2.00 bits per heavy atom. The lowest BCUT2D eigenvalue weighted by molar-refractivity contribution is -0.137. The largest absolute Gasteiger partial charge is 0.494 e. The molecule has 1 heterocycles. The molecular formula is C16H15F4N3O2. The molecule has 1 aromatic heterocycles. The number of hydrogen-bond acceptors (Lipinski definition) is 4. The Kier molecular flexibility index (Phi) is 5.45. The number of aromatic nitrogens is 1. The SMILES string of the molecule is CNc1cc(C(=O)NCc2cc(C(F)(F)F)ccc2F)c(OC)cn1. The molecule has 1 aromatic carbocycles. The van der Waals surface area contributed by atoms with Gasteiger partial charge in [0.2, 0.25) is 0 Å². The van der Waals surface area contributed by atoms with Gasteiger partial charge in [-0.25, -0.2) is 9.37 Å². The Hall–Kier alpha value is -2.84. The molecule has 0 fully saturated rings. The van der Waals surface area contributed by atoms with Gasteiger partial charge in [-0.3, -0.25) is 4.79 Å². The summed E-state index contributed by atoms with van der Waals surface area (Å²) >= 11 is 0. The number of anilines is 1. The van der Waals surface area contributed by atoms with Crippen LogP contribution in [0.2, 0.25) is 0 Å². The first-order chi connectivity index (χ1) is 11.8. The van der Waals surface area contributed by atoms with Crippen molar-refractivity contribution < 1.29 is 27.1 Å². The number of carbonyl (C=O) groups excluding carboxylic acids is 1. The van der Waals surface area contributed by atoms with Crippen molar-refractivity contribution in [2.24, 2.45) is 0 Å². The van der Waals surface area contributed by atoms with Crippen LogP contribution in [0.15, 0.2) is 30.5 Å². The van der Waals surface area contributed by atoms with Gasteiger partial charge in [-0.1, -0.05) is 0 Å². The van der Waals surface area contributed by atoms with Crippen molar-refractivity contribution in [3.05, 3.63) is 53.0 Å². The number of carbonyl (C=O) groups is 1. The van der Waals surface area contributed by atoms with Crippen LogP contribution in [0.5, 0.6) is 5.75 Å². The number of ether oxygens (including phenoxy) is 1. The monoisotopic (exact) mass is 357 g/mol. The number of pyridine rings is 1. The summed E-state index contributed by atoms with van der Waals surface area (Å²) in [7, 11) is 2.95. The molecule has 9 heteroatoms. The number of amides is 1. The quantitative estimate of drug-likeness (QED) is 0.807. The first-order valence-corrected chi connectivity index (χ1v) is 7.12. The summed E-state index contributed by atoms with van der Waals surface area (Å²) in [6, 6.07) is 3.44. The fourth-order valence-corrected chi connectivity index (χ4v) is 2.08. The molecule has 0 aliphatic rings. The Morgan fingerprint density at radius 1 is 1.28 bits per heavy atom. The van der Waals surface area contributed by atoms with Gasteiger partial charge in [0.1, 0.15) is 17.4 Å². The maximum absolute atomic E-state index is 13.7. The summed E-state index contributed by atoms with van der Waals surface area (Å²) in [4.78, 5) is 16.2. The standard InChI is InChI=1S/C16H15F4N3O2/c1-21-14-6-11(13(25-2)8-22-14)15(24)23-7-9-5-10(16(18,19)20)3-4-12(9)17/h3-6,8H,7H2,1-2H3,(H,21,22)(H,23,24). The molecule has 0 radical (unpaired) electrons. The summed E-state index contributed by atoms with van der Waals surface area (Å²) in [6.45, 7) is -0.408. The van der Waals surface area contributed by atoms with E-state index in [2.05, 4.69) is 15.6 Å². The van der Waals surface area contributed by atoms with Gasteiger partial charge in [-0.05, 0) is 24.3 Å². The average molecular weight is 357 g/mol. The molecule has 5 nitrogen and oxygen atoms in total. The zero-order valence-electron chi connectivity index (χ0n) is 13.4. The first kappa shape index (κ1) is 18.5. The van der Waals surface area contributed by atoms with Gasteiger partial charge < -0.3 is 15.4 Å². The van der Waals surface area contributed by atoms with E-state index in [9.17, 15) is 22.4 Å². The van der Waals surface area contributed by atoms with E-state index >= 15 is 0 Å². The van der Waals surface area contributed by atoms with Gasteiger partial charge in [0.25, 0.3) is 5.91 Å². The highest BCUT2D eigenvalue weighted by Gasteiger charge is 2.31. The third-order valence-electron chi connectivity index (χ3n) is 3.40. The minimum Gasteiger partial charge on any atom is -0.494 e. The molecule has 0 spiro atoms. The zero-order chi connectivity index (χ0) is 18.6. The van der Waals surface area contributed by atoms with E-state index in [0.29, 0.717) is 18.0 Å². The van der Waals surface area contributed by atoms with Crippen molar-refractivity contribution in [3.8, 4) is 5.75 Å². The Morgan fingerprint density at radius 3 is 2.60 bits per heavy atom. The third-order valence-corrected chi connectivity index (χ3v) is 3.40. The predicted molar refractivity (Wildman–Crippen MR) is 82.9 cm³/mol. The van der Waals surface area contributed by atoms with Crippen LogP contribution >= 0.6 is 0 Å². The van der Waals surface area contributed by atoms with Gasteiger partial charge in [0.15, 0.2) is 0 Å².